The van der Waals surface area contributed by atoms with E-state index in [2.05, 4.69) is 9.98 Å². The number of aromatic hydroxyl groups is 4. The number of hydrogen-bond donors (Lipinski definition) is 4. The lowest BCUT2D eigenvalue weighted by molar-refractivity contribution is 0.390. The van der Waals surface area contributed by atoms with Crippen LogP contribution in [0.1, 0.15) is 36.8 Å². The molecule has 2 aromatic carbocycles. The van der Waals surface area contributed by atoms with Gasteiger partial charge in [0, 0.05) is 35.7 Å². The summed E-state index contributed by atoms with van der Waals surface area (Å²) in [6.07, 6.45) is 7.18. The minimum Gasteiger partial charge on any atom is -0.508 e. The standard InChI is InChI=1S/C20H22N2O4/c23-15-7-5-13(19(25)9-15)11-21-17-3-1-2-4-18(17)22-12-14-6-8-16(24)10-20(14)26/h5-12,17-18,23-26H,1-4H2/t17-,18-/m1/s1. The van der Waals surface area contributed by atoms with Crippen LogP contribution in [-0.4, -0.2) is 44.9 Å². The predicted octanol–water partition coefficient (Wildman–Crippen LogP) is 3.36. The van der Waals surface area contributed by atoms with Gasteiger partial charge in [0.1, 0.15) is 23.0 Å². The van der Waals surface area contributed by atoms with Gasteiger partial charge in [0.25, 0.3) is 0 Å². The number of rotatable bonds is 4. The van der Waals surface area contributed by atoms with Crippen molar-refractivity contribution in [2.75, 3.05) is 0 Å². The Hall–Kier alpha value is -3.02. The topological polar surface area (TPSA) is 106 Å². The van der Waals surface area contributed by atoms with Gasteiger partial charge in [-0.1, -0.05) is 12.8 Å². The van der Waals surface area contributed by atoms with Gasteiger partial charge in [0.15, 0.2) is 0 Å². The first kappa shape index (κ1) is 17.8. The molecule has 6 heteroatoms. The summed E-state index contributed by atoms with van der Waals surface area (Å²) in [4.78, 5) is 9.18. The number of benzene rings is 2. The molecule has 6 nitrogen and oxygen atoms in total. The van der Waals surface area contributed by atoms with Gasteiger partial charge in [0.05, 0.1) is 12.1 Å². The predicted molar refractivity (Wildman–Crippen MR) is 101 cm³/mol. The maximum absolute atomic E-state index is 9.86. The highest BCUT2D eigenvalue weighted by Gasteiger charge is 2.23. The molecule has 0 aromatic heterocycles. The van der Waals surface area contributed by atoms with Crippen LogP contribution >= 0.6 is 0 Å². The summed E-state index contributed by atoms with van der Waals surface area (Å²) in [5, 5.41) is 38.4. The van der Waals surface area contributed by atoms with E-state index in [0.29, 0.717) is 11.1 Å². The third kappa shape index (κ3) is 4.33. The molecule has 26 heavy (non-hydrogen) atoms. The molecule has 0 heterocycles. The summed E-state index contributed by atoms with van der Waals surface area (Å²) in [5.41, 5.74) is 1.10. The van der Waals surface area contributed by atoms with Gasteiger partial charge in [-0.25, -0.2) is 0 Å². The Morgan fingerprint density at radius 2 is 1.12 bits per heavy atom. The summed E-state index contributed by atoms with van der Waals surface area (Å²) in [7, 11) is 0. The Morgan fingerprint density at radius 3 is 1.50 bits per heavy atom. The molecule has 0 saturated heterocycles. The highest BCUT2D eigenvalue weighted by molar-refractivity contribution is 5.84. The van der Waals surface area contributed by atoms with Crippen molar-refractivity contribution in [2.24, 2.45) is 9.98 Å². The van der Waals surface area contributed by atoms with Gasteiger partial charge in [-0.2, -0.15) is 0 Å². The molecule has 0 bridgehead atoms. The van der Waals surface area contributed by atoms with Crippen LogP contribution in [0.2, 0.25) is 0 Å². The zero-order valence-corrected chi connectivity index (χ0v) is 14.3. The summed E-state index contributed by atoms with van der Waals surface area (Å²) < 4.78 is 0. The largest absolute Gasteiger partial charge is 0.508 e. The van der Waals surface area contributed by atoms with Crippen LogP contribution in [0.15, 0.2) is 46.4 Å². The Balaban J connectivity index is 1.75. The fourth-order valence-electron chi connectivity index (χ4n) is 3.07. The fraction of sp³-hybridized carbons (Fsp3) is 0.300. The first-order valence-corrected chi connectivity index (χ1v) is 8.63. The van der Waals surface area contributed by atoms with Gasteiger partial charge in [-0.3, -0.25) is 9.98 Å². The summed E-state index contributed by atoms with van der Waals surface area (Å²) >= 11 is 0. The Bertz CT molecular complexity index is 763. The van der Waals surface area contributed by atoms with E-state index in [9.17, 15) is 20.4 Å². The molecule has 2 aromatic rings. The third-order valence-corrected chi connectivity index (χ3v) is 4.53. The zero-order chi connectivity index (χ0) is 18.5. The molecular formula is C20H22N2O4. The maximum Gasteiger partial charge on any atom is 0.128 e. The SMILES string of the molecule is Oc1ccc(C=N[C@@H]2CCCC[C@H]2N=Cc2ccc(O)cc2O)c(O)c1. The van der Waals surface area contributed by atoms with E-state index < -0.39 is 0 Å². The number of nitrogens with zero attached hydrogens (tertiary/aromatic N) is 2. The summed E-state index contributed by atoms with van der Waals surface area (Å²) in [5.74, 6) is -0.0146. The highest BCUT2D eigenvalue weighted by Crippen LogP contribution is 2.26. The average Bonchev–Trinajstić information content (AvgIpc) is 2.61. The first-order chi connectivity index (χ1) is 12.5. The number of phenolic OH excluding ortho intramolecular Hbond substituents is 4. The van der Waals surface area contributed by atoms with E-state index in [-0.39, 0.29) is 35.1 Å². The van der Waals surface area contributed by atoms with Crippen LogP contribution < -0.4 is 0 Å². The van der Waals surface area contributed by atoms with Crippen molar-refractivity contribution in [3.8, 4) is 23.0 Å². The quantitative estimate of drug-likeness (QED) is 0.632. The molecule has 0 amide bonds. The fourth-order valence-corrected chi connectivity index (χ4v) is 3.07. The molecule has 0 aliphatic heterocycles. The molecule has 2 atom stereocenters. The molecule has 1 fully saturated rings. The minimum absolute atomic E-state index is 0.00698. The molecule has 1 saturated carbocycles. The van der Waals surface area contributed by atoms with Crippen molar-refractivity contribution >= 4 is 12.4 Å². The van der Waals surface area contributed by atoms with Crippen molar-refractivity contribution in [3.63, 3.8) is 0 Å². The van der Waals surface area contributed by atoms with E-state index in [1.807, 2.05) is 0 Å². The second-order valence-electron chi connectivity index (χ2n) is 6.46. The van der Waals surface area contributed by atoms with Crippen LogP contribution in [0.25, 0.3) is 0 Å². The monoisotopic (exact) mass is 354 g/mol. The second kappa shape index (κ2) is 7.91. The number of phenols is 4. The van der Waals surface area contributed by atoms with Crippen LogP contribution in [-0.2, 0) is 0 Å². The lowest BCUT2D eigenvalue weighted by Gasteiger charge is -2.25. The molecule has 136 valence electrons. The molecule has 0 radical (unpaired) electrons. The molecule has 4 N–H and O–H groups in total. The van der Waals surface area contributed by atoms with E-state index >= 15 is 0 Å². The van der Waals surface area contributed by atoms with Gasteiger partial charge in [0.2, 0.25) is 0 Å². The lowest BCUT2D eigenvalue weighted by Crippen LogP contribution is -2.27. The summed E-state index contributed by atoms with van der Waals surface area (Å²) in [6, 6.07) is 8.79. The van der Waals surface area contributed by atoms with E-state index in [4.69, 9.17) is 0 Å². The first-order valence-electron chi connectivity index (χ1n) is 8.63. The normalized spacial score (nSPS) is 20.8. The smallest absolute Gasteiger partial charge is 0.128 e. The Morgan fingerprint density at radius 1 is 0.692 bits per heavy atom. The molecule has 1 aliphatic carbocycles. The van der Waals surface area contributed by atoms with E-state index in [1.54, 1.807) is 24.6 Å². The van der Waals surface area contributed by atoms with Crippen molar-refractivity contribution in [2.45, 2.75) is 37.8 Å². The summed E-state index contributed by atoms with van der Waals surface area (Å²) in [6.45, 7) is 0. The van der Waals surface area contributed by atoms with Crippen LogP contribution in [0.3, 0.4) is 0 Å². The lowest BCUT2D eigenvalue weighted by atomic mass is 9.91. The number of aliphatic imine (C=N–C) groups is 2. The maximum atomic E-state index is 9.86. The molecule has 0 spiro atoms. The molecule has 0 unspecified atom stereocenters. The molecular weight excluding hydrogens is 332 g/mol. The Kier molecular flexibility index (Phi) is 5.41. The van der Waals surface area contributed by atoms with E-state index in [1.165, 1.54) is 24.3 Å². The van der Waals surface area contributed by atoms with Crippen molar-refractivity contribution in [1.29, 1.82) is 0 Å². The van der Waals surface area contributed by atoms with Gasteiger partial charge >= 0.3 is 0 Å². The molecule has 1 aliphatic rings. The van der Waals surface area contributed by atoms with Crippen molar-refractivity contribution < 1.29 is 20.4 Å². The van der Waals surface area contributed by atoms with Crippen molar-refractivity contribution in [3.05, 3.63) is 47.5 Å². The Labute approximate surface area is 151 Å². The van der Waals surface area contributed by atoms with Crippen molar-refractivity contribution in [1.82, 2.24) is 0 Å². The zero-order valence-electron chi connectivity index (χ0n) is 14.3. The van der Waals surface area contributed by atoms with Crippen LogP contribution in [0.5, 0.6) is 23.0 Å². The van der Waals surface area contributed by atoms with E-state index in [0.717, 1.165) is 25.7 Å². The average molecular weight is 354 g/mol. The second-order valence-corrected chi connectivity index (χ2v) is 6.46. The van der Waals surface area contributed by atoms with Gasteiger partial charge in [-0.15, -0.1) is 0 Å². The third-order valence-electron chi connectivity index (χ3n) is 4.53. The highest BCUT2D eigenvalue weighted by atomic mass is 16.3. The van der Waals surface area contributed by atoms with Crippen LogP contribution in [0.4, 0.5) is 0 Å². The van der Waals surface area contributed by atoms with Gasteiger partial charge < -0.3 is 20.4 Å². The minimum atomic E-state index is -0.0152. The van der Waals surface area contributed by atoms with Crippen LogP contribution in [0, 0.1) is 0 Å². The van der Waals surface area contributed by atoms with Gasteiger partial charge in [-0.05, 0) is 37.1 Å². The number of hydrogen-bond acceptors (Lipinski definition) is 6. The molecule has 3 rings (SSSR count).